The van der Waals surface area contributed by atoms with E-state index in [0.717, 1.165) is 11.3 Å². The van der Waals surface area contributed by atoms with Crippen LogP contribution < -0.4 is 10.6 Å². The summed E-state index contributed by atoms with van der Waals surface area (Å²) >= 11 is 6.96. The van der Waals surface area contributed by atoms with Gasteiger partial charge < -0.3 is 15.4 Å². The van der Waals surface area contributed by atoms with Crippen LogP contribution in [-0.2, 0) is 4.74 Å². The zero-order valence-electron chi connectivity index (χ0n) is 15.6. The van der Waals surface area contributed by atoms with Gasteiger partial charge in [-0.2, -0.15) is 0 Å². The maximum Gasteiger partial charge on any atom is 0.341 e. The van der Waals surface area contributed by atoms with Crippen molar-refractivity contribution in [3.05, 3.63) is 81.2 Å². The minimum absolute atomic E-state index is 0.151. The van der Waals surface area contributed by atoms with E-state index in [2.05, 4.69) is 10.6 Å². The molecule has 3 rings (SSSR count). The summed E-state index contributed by atoms with van der Waals surface area (Å²) in [7, 11) is 1.24. The first kappa shape index (κ1) is 20.6. The van der Waals surface area contributed by atoms with Crippen LogP contribution in [0.2, 0.25) is 5.02 Å². The molecule has 3 aromatic rings. The third-order valence-corrected chi connectivity index (χ3v) is 5.53. The summed E-state index contributed by atoms with van der Waals surface area (Å²) in [6.07, 6.45) is 0. The second kappa shape index (κ2) is 8.89. The molecular formula is C21H17ClN2O4S. The minimum Gasteiger partial charge on any atom is -0.465 e. The van der Waals surface area contributed by atoms with Crippen LogP contribution in [0.4, 0.5) is 10.7 Å². The van der Waals surface area contributed by atoms with E-state index < -0.39 is 11.9 Å². The molecule has 0 saturated carbocycles. The standard InChI is InChI=1S/C21H17ClN2O4S/c1-12-16(21(27)28-2)20(24-18(25)13-7-4-3-5-8-13)29-17(12)19(26)23-15-10-6-9-14(22)11-15/h3-11H,1-2H3,(H,23,26)(H,24,25). The van der Waals surface area contributed by atoms with Crippen molar-refractivity contribution in [3.8, 4) is 0 Å². The lowest BCUT2D eigenvalue weighted by atomic mass is 10.1. The summed E-state index contributed by atoms with van der Waals surface area (Å²) in [5, 5.41) is 6.19. The molecule has 2 N–H and O–H groups in total. The highest BCUT2D eigenvalue weighted by atomic mass is 35.5. The molecular weight excluding hydrogens is 412 g/mol. The first-order valence-electron chi connectivity index (χ1n) is 8.55. The van der Waals surface area contributed by atoms with Gasteiger partial charge in [0.15, 0.2) is 0 Å². The van der Waals surface area contributed by atoms with Gasteiger partial charge in [-0.05, 0) is 42.8 Å². The van der Waals surface area contributed by atoms with Crippen molar-refractivity contribution >= 4 is 51.4 Å². The van der Waals surface area contributed by atoms with Crippen LogP contribution in [0.3, 0.4) is 0 Å². The second-order valence-corrected chi connectivity index (χ2v) is 7.49. The maximum absolute atomic E-state index is 12.8. The molecule has 0 saturated heterocycles. The van der Waals surface area contributed by atoms with Crippen molar-refractivity contribution in [2.45, 2.75) is 6.92 Å². The van der Waals surface area contributed by atoms with E-state index in [0.29, 0.717) is 21.8 Å². The Morgan fingerprint density at radius 2 is 1.69 bits per heavy atom. The molecule has 2 amide bonds. The fourth-order valence-electron chi connectivity index (χ4n) is 2.68. The SMILES string of the molecule is COC(=O)c1c(NC(=O)c2ccccc2)sc(C(=O)Nc2cccc(Cl)c2)c1C. The monoisotopic (exact) mass is 428 g/mol. The smallest absolute Gasteiger partial charge is 0.341 e. The molecule has 2 aromatic carbocycles. The summed E-state index contributed by atoms with van der Waals surface area (Å²) in [6, 6.07) is 15.3. The van der Waals surface area contributed by atoms with E-state index in [1.165, 1.54) is 7.11 Å². The Kier molecular flexibility index (Phi) is 6.31. The maximum atomic E-state index is 12.8. The van der Waals surface area contributed by atoms with Crippen molar-refractivity contribution in [3.63, 3.8) is 0 Å². The van der Waals surface area contributed by atoms with Gasteiger partial charge in [-0.25, -0.2) is 4.79 Å². The fourth-order valence-corrected chi connectivity index (χ4v) is 3.96. The number of nitrogens with one attached hydrogen (secondary N) is 2. The first-order valence-corrected chi connectivity index (χ1v) is 9.75. The second-order valence-electron chi connectivity index (χ2n) is 6.04. The molecule has 0 unspecified atom stereocenters. The Balaban J connectivity index is 1.93. The average molecular weight is 429 g/mol. The number of thiophene rings is 1. The van der Waals surface area contributed by atoms with Crippen molar-refractivity contribution in [2.24, 2.45) is 0 Å². The van der Waals surface area contributed by atoms with Gasteiger partial charge in [0, 0.05) is 16.3 Å². The van der Waals surface area contributed by atoms with Crippen LogP contribution in [-0.4, -0.2) is 24.9 Å². The van der Waals surface area contributed by atoms with Gasteiger partial charge in [-0.15, -0.1) is 11.3 Å². The molecule has 29 heavy (non-hydrogen) atoms. The van der Waals surface area contributed by atoms with E-state index >= 15 is 0 Å². The number of methoxy groups -OCH3 is 1. The van der Waals surface area contributed by atoms with Crippen molar-refractivity contribution in [1.82, 2.24) is 0 Å². The van der Waals surface area contributed by atoms with E-state index in [-0.39, 0.29) is 21.3 Å². The third kappa shape index (κ3) is 4.64. The Hall–Kier alpha value is -3.16. The molecule has 0 bridgehead atoms. The summed E-state index contributed by atoms with van der Waals surface area (Å²) in [5.41, 5.74) is 1.52. The molecule has 0 fully saturated rings. The Bertz CT molecular complexity index is 1080. The van der Waals surface area contributed by atoms with Gasteiger partial charge in [0.1, 0.15) is 5.00 Å². The molecule has 1 aromatic heterocycles. The molecule has 8 heteroatoms. The number of amides is 2. The number of hydrogen-bond acceptors (Lipinski definition) is 5. The lowest BCUT2D eigenvalue weighted by molar-refractivity contribution is 0.0601. The largest absolute Gasteiger partial charge is 0.465 e. The zero-order chi connectivity index (χ0) is 21.0. The molecule has 0 aliphatic heterocycles. The molecule has 148 valence electrons. The van der Waals surface area contributed by atoms with E-state index in [1.807, 2.05) is 0 Å². The van der Waals surface area contributed by atoms with E-state index in [1.54, 1.807) is 61.5 Å². The van der Waals surface area contributed by atoms with E-state index in [9.17, 15) is 14.4 Å². The summed E-state index contributed by atoms with van der Waals surface area (Å²) in [5.74, 6) is -1.44. The highest BCUT2D eigenvalue weighted by molar-refractivity contribution is 7.19. The first-order chi connectivity index (χ1) is 13.9. The Labute approximate surface area is 176 Å². The van der Waals surface area contributed by atoms with Crippen LogP contribution in [0.5, 0.6) is 0 Å². The fraction of sp³-hybridized carbons (Fsp3) is 0.0952. The summed E-state index contributed by atoms with van der Waals surface area (Å²) in [4.78, 5) is 37.9. The van der Waals surface area contributed by atoms with Crippen molar-refractivity contribution in [2.75, 3.05) is 17.7 Å². The van der Waals surface area contributed by atoms with E-state index in [4.69, 9.17) is 16.3 Å². The average Bonchev–Trinajstić information content (AvgIpc) is 3.04. The van der Waals surface area contributed by atoms with Gasteiger partial charge in [0.2, 0.25) is 0 Å². The number of esters is 1. The highest BCUT2D eigenvalue weighted by Gasteiger charge is 2.26. The number of carbonyl (C=O) groups is 3. The van der Waals surface area contributed by atoms with Gasteiger partial charge in [-0.1, -0.05) is 35.9 Å². The molecule has 1 heterocycles. The highest BCUT2D eigenvalue weighted by Crippen LogP contribution is 2.34. The predicted octanol–water partition coefficient (Wildman–Crippen LogP) is 5.00. The molecule has 0 aliphatic rings. The molecule has 0 radical (unpaired) electrons. The Morgan fingerprint density at radius 1 is 0.966 bits per heavy atom. The number of halogens is 1. The van der Waals surface area contributed by atoms with Crippen LogP contribution >= 0.6 is 22.9 Å². The quantitative estimate of drug-likeness (QED) is 0.560. The number of ether oxygens (including phenoxy) is 1. The van der Waals surface area contributed by atoms with Crippen LogP contribution in [0.1, 0.15) is 36.0 Å². The number of carbonyl (C=O) groups excluding carboxylic acids is 3. The van der Waals surface area contributed by atoms with Gasteiger partial charge >= 0.3 is 5.97 Å². The number of hydrogen-bond donors (Lipinski definition) is 2. The number of rotatable bonds is 5. The summed E-state index contributed by atoms with van der Waals surface area (Å²) in [6.45, 7) is 1.63. The summed E-state index contributed by atoms with van der Waals surface area (Å²) < 4.78 is 4.84. The van der Waals surface area contributed by atoms with Gasteiger partial charge in [0.05, 0.1) is 17.6 Å². The van der Waals surface area contributed by atoms with Crippen LogP contribution in [0, 0.1) is 6.92 Å². The van der Waals surface area contributed by atoms with Crippen LogP contribution in [0.15, 0.2) is 54.6 Å². The topological polar surface area (TPSA) is 84.5 Å². The minimum atomic E-state index is -0.635. The van der Waals surface area contributed by atoms with Crippen molar-refractivity contribution < 1.29 is 19.1 Å². The van der Waals surface area contributed by atoms with Crippen molar-refractivity contribution in [1.29, 1.82) is 0 Å². The lowest BCUT2D eigenvalue weighted by Gasteiger charge is -2.06. The molecule has 0 atom stereocenters. The zero-order valence-corrected chi connectivity index (χ0v) is 17.2. The number of benzene rings is 2. The Morgan fingerprint density at radius 3 is 2.34 bits per heavy atom. The number of anilines is 2. The van der Waals surface area contributed by atoms with Gasteiger partial charge in [-0.3, -0.25) is 9.59 Å². The third-order valence-electron chi connectivity index (χ3n) is 4.09. The van der Waals surface area contributed by atoms with Crippen LogP contribution in [0.25, 0.3) is 0 Å². The van der Waals surface area contributed by atoms with Gasteiger partial charge in [0.25, 0.3) is 11.8 Å². The molecule has 0 aliphatic carbocycles. The normalized spacial score (nSPS) is 10.3. The molecule has 0 spiro atoms. The lowest BCUT2D eigenvalue weighted by Crippen LogP contribution is -2.14. The predicted molar refractivity (Wildman–Crippen MR) is 114 cm³/mol. The molecule has 6 nitrogen and oxygen atoms in total.